The Hall–Kier alpha value is -2.26. The number of aromatic hydroxyl groups is 1. The molecule has 4 heteroatoms. The van der Waals surface area contributed by atoms with Gasteiger partial charge >= 0.3 is 0 Å². The van der Waals surface area contributed by atoms with Crippen LogP contribution in [0.1, 0.15) is 16.7 Å². The van der Waals surface area contributed by atoms with Crippen LogP contribution in [0.15, 0.2) is 53.7 Å². The quantitative estimate of drug-likeness (QED) is 0.504. The van der Waals surface area contributed by atoms with Gasteiger partial charge in [0, 0.05) is 10.6 Å². The molecule has 0 spiro atoms. The first-order chi connectivity index (χ1) is 9.61. The Kier molecular flexibility index (Phi) is 4.43. The van der Waals surface area contributed by atoms with Gasteiger partial charge in [-0.3, -0.25) is 0 Å². The summed E-state index contributed by atoms with van der Waals surface area (Å²) < 4.78 is 0. The molecule has 2 aromatic carbocycles. The number of phenols is 1. The number of rotatable bonds is 3. The molecule has 0 saturated carbocycles. The van der Waals surface area contributed by atoms with Gasteiger partial charge in [0.05, 0.1) is 0 Å². The van der Waals surface area contributed by atoms with Crippen LogP contribution in [0, 0.1) is 6.92 Å². The molecule has 0 radical (unpaired) electrons. The van der Waals surface area contributed by atoms with Gasteiger partial charge in [-0.25, -0.2) is 0 Å². The zero-order valence-electron chi connectivity index (χ0n) is 10.9. The lowest BCUT2D eigenvalue weighted by Crippen LogP contribution is -1.98. The van der Waals surface area contributed by atoms with Crippen molar-refractivity contribution < 1.29 is 10.3 Å². The van der Waals surface area contributed by atoms with Crippen LogP contribution in [0.4, 0.5) is 0 Å². The van der Waals surface area contributed by atoms with Gasteiger partial charge in [0.15, 0.2) is 0 Å². The van der Waals surface area contributed by atoms with E-state index < -0.39 is 0 Å². The Morgan fingerprint density at radius 1 is 1.20 bits per heavy atom. The van der Waals surface area contributed by atoms with Gasteiger partial charge in [-0.2, -0.15) is 0 Å². The van der Waals surface area contributed by atoms with Gasteiger partial charge in [0.25, 0.3) is 0 Å². The maximum atomic E-state index is 9.93. The molecule has 0 saturated heterocycles. The van der Waals surface area contributed by atoms with Gasteiger partial charge in [-0.1, -0.05) is 53.2 Å². The van der Waals surface area contributed by atoms with Crippen molar-refractivity contribution in [1.82, 2.24) is 0 Å². The minimum absolute atomic E-state index is 0.0254. The molecule has 3 nitrogen and oxygen atoms in total. The highest BCUT2D eigenvalue weighted by molar-refractivity contribution is 6.32. The normalized spacial score (nSPS) is 12.0. The topological polar surface area (TPSA) is 52.8 Å². The summed E-state index contributed by atoms with van der Waals surface area (Å²) in [5.41, 5.74) is 2.35. The van der Waals surface area contributed by atoms with Crippen LogP contribution in [0.2, 0.25) is 5.02 Å². The molecule has 0 aromatic heterocycles. The molecule has 0 bridgehead atoms. The van der Waals surface area contributed by atoms with Crippen LogP contribution in [0.5, 0.6) is 5.75 Å². The van der Waals surface area contributed by atoms with E-state index in [9.17, 15) is 5.11 Å². The van der Waals surface area contributed by atoms with E-state index in [4.69, 9.17) is 16.8 Å². The summed E-state index contributed by atoms with van der Waals surface area (Å²) in [5.74, 6) is 0.0254. The molecule has 102 valence electrons. The lowest BCUT2D eigenvalue weighted by atomic mass is 10.1. The summed E-state index contributed by atoms with van der Waals surface area (Å²) in [7, 11) is 0. The number of allylic oxidation sites excluding steroid dienone is 1. The Bertz CT molecular complexity index is 664. The fourth-order valence-corrected chi connectivity index (χ4v) is 1.95. The van der Waals surface area contributed by atoms with Crippen LogP contribution in [-0.4, -0.2) is 16.0 Å². The average Bonchev–Trinajstić information content (AvgIpc) is 2.46. The molecule has 0 heterocycles. The van der Waals surface area contributed by atoms with Crippen LogP contribution in [0.3, 0.4) is 0 Å². The molecule has 2 aromatic rings. The minimum Gasteiger partial charge on any atom is -0.507 e. The first-order valence-electron chi connectivity index (χ1n) is 6.06. The average molecular weight is 288 g/mol. The highest BCUT2D eigenvalue weighted by Crippen LogP contribution is 2.26. The molecule has 0 amide bonds. The Balaban J connectivity index is 2.35. The van der Waals surface area contributed by atoms with E-state index in [-0.39, 0.29) is 11.5 Å². The summed E-state index contributed by atoms with van der Waals surface area (Å²) in [4.78, 5) is 0. The highest BCUT2D eigenvalue weighted by atomic mass is 35.5. The maximum absolute atomic E-state index is 9.93. The number of benzene rings is 2. The van der Waals surface area contributed by atoms with E-state index >= 15 is 0 Å². The first kappa shape index (κ1) is 14.2. The molecular weight excluding hydrogens is 274 g/mol. The Morgan fingerprint density at radius 2 is 1.90 bits per heavy atom. The highest BCUT2D eigenvalue weighted by Gasteiger charge is 2.10. The molecule has 2 N–H and O–H groups in total. The van der Waals surface area contributed by atoms with E-state index in [1.807, 2.05) is 30.3 Å². The summed E-state index contributed by atoms with van der Waals surface area (Å²) in [6.07, 6.45) is 3.41. The zero-order valence-corrected chi connectivity index (χ0v) is 11.7. The second-order valence-electron chi connectivity index (χ2n) is 4.35. The Labute approximate surface area is 122 Å². The monoisotopic (exact) mass is 287 g/mol. The number of halogens is 1. The molecule has 0 aliphatic heterocycles. The fraction of sp³-hybridized carbons (Fsp3) is 0.0625. The maximum Gasteiger partial charge on any atom is 0.125 e. The molecular formula is C16H14ClNO2. The van der Waals surface area contributed by atoms with E-state index in [0.29, 0.717) is 10.6 Å². The van der Waals surface area contributed by atoms with Crippen LogP contribution in [-0.2, 0) is 0 Å². The second-order valence-corrected chi connectivity index (χ2v) is 4.75. The van der Waals surface area contributed by atoms with E-state index in [2.05, 4.69) is 5.16 Å². The predicted molar refractivity (Wildman–Crippen MR) is 81.7 cm³/mol. The van der Waals surface area contributed by atoms with E-state index in [0.717, 1.165) is 11.1 Å². The van der Waals surface area contributed by atoms with Crippen LogP contribution in [0.25, 0.3) is 6.08 Å². The summed E-state index contributed by atoms with van der Waals surface area (Å²) in [5, 5.41) is 22.8. The molecule has 0 unspecified atom stereocenters. The standard InChI is InChI=1S/C16H14ClNO2/c1-11-9-16(19)13(10-14(11)17)15(18-20)8-7-12-5-3-2-4-6-12/h2-10,19-20H,1H3. The van der Waals surface area contributed by atoms with Gasteiger partial charge in [-0.05, 0) is 36.3 Å². The molecule has 0 atom stereocenters. The lowest BCUT2D eigenvalue weighted by molar-refractivity contribution is 0.319. The fourth-order valence-electron chi connectivity index (χ4n) is 1.79. The third-order valence-electron chi connectivity index (χ3n) is 2.89. The third-order valence-corrected chi connectivity index (χ3v) is 3.30. The number of nitrogens with zero attached hydrogens (tertiary/aromatic N) is 1. The van der Waals surface area contributed by atoms with Crippen LogP contribution >= 0.6 is 11.6 Å². The van der Waals surface area contributed by atoms with Crippen molar-refractivity contribution in [3.63, 3.8) is 0 Å². The largest absolute Gasteiger partial charge is 0.507 e. The number of phenolic OH excluding ortho intramolecular Hbond substituents is 1. The van der Waals surface area contributed by atoms with Crippen molar-refractivity contribution in [2.45, 2.75) is 6.92 Å². The van der Waals surface area contributed by atoms with E-state index in [1.165, 1.54) is 0 Å². The smallest absolute Gasteiger partial charge is 0.125 e. The molecule has 20 heavy (non-hydrogen) atoms. The van der Waals surface area contributed by atoms with Gasteiger partial charge in [0.2, 0.25) is 0 Å². The summed E-state index contributed by atoms with van der Waals surface area (Å²) in [6.45, 7) is 1.79. The van der Waals surface area contributed by atoms with Crippen LogP contribution < -0.4 is 0 Å². The molecule has 2 rings (SSSR count). The molecule has 0 aliphatic rings. The van der Waals surface area contributed by atoms with Crippen molar-refractivity contribution in [1.29, 1.82) is 0 Å². The van der Waals surface area contributed by atoms with Crippen molar-refractivity contribution >= 4 is 23.4 Å². The first-order valence-corrected chi connectivity index (χ1v) is 6.44. The number of hydrogen-bond acceptors (Lipinski definition) is 3. The van der Waals surface area contributed by atoms with Crippen molar-refractivity contribution in [3.05, 3.63) is 70.3 Å². The zero-order chi connectivity index (χ0) is 14.5. The van der Waals surface area contributed by atoms with Gasteiger partial charge in [0.1, 0.15) is 11.5 Å². The number of hydrogen-bond donors (Lipinski definition) is 2. The number of aryl methyl sites for hydroxylation is 1. The predicted octanol–water partition coefficient (Wildman–Crippen LogP) is 4.25. The SMILES string of the molecule is Cc1cc(O)c(C(C=Cc2ccccc2)=NO)cc1Cl. The van der Waals surface area contributed by atoms with Crippen molar-refractivity contribution in [2.24, 2.45) is 5.16 Å². The minimum atomic E-state index is 0.0254. The van der Waals surface area contributed by atoms with Crippen molar-refractivity contribution in [3.8, 4) is 5.75 Å². The number of oxime groups is 1. The molecule has 0 fully saturated rings. The Morgan fingerprint density at radius 3 is 2.55 bits per heavy atom. The lowest BCUT2D eigenvalue weighted by Gasteiger charge is -2.06. The van der Waals surface area contributed by atoms with Gasteiger partial charge < -0.3 is 10.3 Å². The van der Waals surface area contributed by atoms with Crippen molar-refractivity contribution in [2.75, 3.05) is 0 Å². The summed E-state index contributed by atoms with van der Waals surface area (Å²) in [6, 6.07) is 12.7. The summed E-state index contributed by atoms with van der Waals surface area (Å²) >= 11 is 6.03. The molecule has 0 aliphatic carbocycles. The second kappa shape index (κ2) is 6.26. The van der Waals surface area contributed by atoms with Gasteiger partial charge in [-0.15, -0.1) is 0 Å². The third kappa shape index (κ3) is 3.19. The van der Waals surface area contributed by atoms with E-state index in [1.54, 1.807) is 31.2 Å².